The minimum absolute atomic E-state index is 0.219. The van der Waals surface area contributed by atoms with E-state index in [1.807, 2.05) is 0 Å². The number of hydrogen-bond donors (Lipinski definition) is 2. The maximum atomic E-state index is 13.2. The van der Waals surface area contributed by atoms with E-state index in [4.69, 9.17) is 14.6 Å². The lowest BCUT2D eigenvalue weighted by molar-refractivity contribution is -0.146. The van der Waals surface area contributed by atoms with E-state index in [-0.39, 0.29) is 11.4 Å². The van der Waals surface area contributed by atoms with Crippen molar-refractivity contribution in [3.8, 4) is 11.5 Å². The van der Waals surface area contributed by atoms with Crippen molar-refractivity contribution in [3.05, 3.63) is 65.6 Å². The Morgan fingerprint density at radius 3 is 2.38 bits per heavy atom. The molecule has 1 aromatic heterocycles. The number of methoxy groups -OCH3 is 2. The first-order valence-electron chi connectivity index (χ1n) is 8.51. The average molecular weight is 399 g/mol. The first-order chi connectivity index (χ1) is 13.8. The standard InChI is InChI=1S/C21H18FNO6/c1-28-14-7-16-20(19(8-14)29-2)15(17(24)9-18(25)21(26)27)11-23(16)10-12-3-5-13(22)6-4-12/h3-9,11,24H,10H2,1-2H3,(H,26,27)/b17-9+. The number of ether oxygens (including phenoxy) is 2. The Hall–Kier alpha value is -3.81. The van der Waals surface area contributed by atoms with Crippen LogP contribution in [-0.2, 0) is 16.1 Å². The van der Waals surface area contributed by atoms with Gasteiger partial charge in [0, 0.05) is 36.5 Å². The molecule has 0 aliphatic heterocycles. The molecule has 0 unspecified atom stereocenters. The van der Waals surface area contributed by atoms with Gasteiger partial charge < -0.3 is 24.3 Å². The summed E-state index contributed by atoms with van der Waals surface area (Å²) in [6, 6.07) is 9.26. The number of aromatic nitrogens is 1. The first kappa shape index (κ1) is 19.9. The molecule has 29 heavy (non-hydrogen) atoms. The average Bonchev–Trinajstić information content (AvgIpc) is 3.07. The Balaban J connectivity index is 2.21. The van der Waals surface area contributed by atoms with Crippen LogP contribution < -0.4 is 9.47 Å². The second-order valence-electron chi connectivity index (χ2n) is 6.22. The van der Waals surface area contributed by atoms with Crippen molar-refractivity contribution in [2.75, 3.05) is 14.2 Å². The number of aliphatic hydroxyl groups is 1. The largest absolute Gasteiger partial charge is 0.507 e. The number of aliphatic carboxylic acids is 1. The Morgan fingerprint density at radius 2 is 1.79 bits per heavy atom. The monoisotopic (exact) mass is 399 g/mol. The fourth-order valence-corrected chi connectivity index (χ4v) is 3.02. The fourth-order valence-electron chi connectivity index (χ4n) is 3.02. The van der Waals surface area contributed by atoms with E-state index in [0.29, 0.717) is 35.0 Å². The smallest absolute Gasteiger partial charge is 0.376 e. The summed E-state index contributed by atoms with van der Waals surface area (Å²) in [6.07, 6.45) is 2.21. The van der Waals surface area contributed by atoms with Crippen LogP contribution in [0.25, 0.3) is 16.7 Å². The van der Waals surface area contributed by atoms with Crippen molar-refractivity contribution in [2.24, 2.45) is 0 Å². The molecule has 0 spiro atoms. The van der Waals surface area contributed by atoms with Gasteiger partial charge in [-0.25, -0.2) is 9.18 Å². The third kappa shape index (κ3) is 4.06. The number of fused-ring (bicyclic) bond motifs is 1. The molecule has 1 heterocycles. The summed E-state index contributed by atoms with van der Waals surface area (Å²) in [5.41, 5.74) is 1.63. The SMILES string of the molecule is COc1cc(OC)c2c(/C(O)=C\C(=O)C(=O)O)cn(Cc3ccc(F)cc3)c2c1. The highest BCUT2D eigenvalue weighted by molar-refractivity contribution is 6.38. The summed E-state index contributed by atoms with van der Waals surface area (Å²) >= 11 is 0. The van der Waals surface area contributed by atoms with Gasteiger partial charge in [-0.1, -0.05) is 12.1 Å². The van der Waals surface area contributed by atoms with E-state index in [0.717, 1.165) is 5.56 Å². The number of hydrogen-bond acceptors (Lipinski definition) is 5. The van der Waals surface area contributed by atoms with Crippen molar-refractivity contribution in [3.63, 3.8) is 0 Å². The molecule has 7 nitrogen and oxygen atoms in total. The van der Waals surface area contributed by atoms with Gasteiger partial charge in [-0.2, -0.15) is 0 Å². The molecule has 0 fully saturated rings. The zero-order chi connectivity index (χ0) is 21.1. The fraction of sp³-hybridized carbons (Fsp3) is 0.143. The molecule has 0 aliphatic carbocycles. The highest BCUT2D eigenvalue weighted by Crippen LogP contribution is 2.37. The van der Waals surface area contributed by atoms with Crippen LogP contribution in [0.15, 0.2) is 48.7 Å². The predicted molar refractivity (Wildman–Crippen MR) is 104 cm³/mol. The molecule has 0 saturated heterocycles. The van der Waals surface area contributed by atoms with Crippen LogP contribution in [0.5, 0.6) is 11.5 Å². The number of rotatable bonds is 7. The first-order valence-corrected chi connectivity index (χ1v) is 8.51. The summed E-state index contributed by atoms with van der Waals surface area (Å²) in [6.45, 7) is 0.327. The number of ketones is 1. The van der Waals surface area contributed by atoms with Crippen LogP contribution in [0.1, 0.15) is 11.1 Å². The zero-order valence-electron chi connectivity index (χ0n) is 15.7. The molecule has 0 bridgehead atoms. The number of carboxylic acids is 1. The van der Waals surface area contributed by atoms with E-state index >= 15 is 0 Å². The van der Waals surface area contributed by atoms with Crippen LogP contribution >= 0.6 is 0 Å². The lowest BCUT2D eigenvalue weighted by Crippen LogP contribution is -2.09. The Morgan fingerprint density at radius 1 is 1.10 bits per heavy atom. The lowest BCUT2D eigenvalue weighted by atomic mass is 10.1. The number of benzene rings is 2. The van der Waals surface area contributed by atoms with Crippen molar-refractivity contribution in [1.82, 2.24) is 4.57 Å². The maximum Gasteiger partial charge on any atom is 0.376 e. The Kier molecular flexibility index (Phi) is 5.54. The van der Waals surface area contributed by atoms with Gasteiger partial charge in [-0.15, -0.1) is 0 Å². The van der Waals surface area contributed by atoms with Crippen molar-refractivity contribution >= 4 is 28.4 Å². The van der Waals surface area contributed by atoms with E-state index < -0.39 is 17.5 Å². The number of halogens is 1. The van der Waals surface area contributed by atoms with E-state index in [9.17, 15) is 19.1 Å². The van der Waals surface area contributed by atoms with E-state index in [1.54, 1.807) is 35.0 Å². The minimum Gasteiger partial charge on any atom is -0.507 e. The molecule has 0 saturated carbocycles. The molecular weight excluding hydrogens is 381 g/mol. The molecule has 3 aromatic rings. The van der Waals surface area contributed by atoms with Gasteiger partial charge >= 0.3 is 5.97 Å². The summed E-state index contributed by atoms with van der Waals surface area (Å²) in [5.74, 6) is -2.93. The van der Waals surface area contributed by atoms with Gasteiger partial charge in [0.25, 0.3) is 5.78 Å². The van der Waals surface area contributed by atoms with E-state index in [2.05, 4.69) is 0 Å². The highest BCUT2D eigenvalue weighted by Gasteiger charge is 2.20. The zero-order valence-corrected chi connectivity index (χ0v) is 15.7. The number of nitrogens with zero attached hydrogens (tertiary/aromatic N) is 1. The normalized spacial score (nSPS) is 11.5. The number of carbonyl (C=O) groups is 2. The third-order valence-electron chi connectivity index (χ3n) is 4.39. The molecule has 8 heteroatoms. The van der Waals surface area contributed by atoms with Crippen LogP contribution in [-0.4, -0.2) is 40.8 Å². The molecule has 0 radical (unpaired) electrons. The Labute approximate surface area is 165 Å². The van der Waals surface area contributed by atoms with Gasteiger partial charge in [0.15, 0.2) is 0 Å². The second-order valence-corrected chi connectivity index (χ2v) is 6.22. The third-order valence-corrected chi connectivity index (χ3v) is 4.39. The molecule has 3 rings (SSSR count). The second kappa shape index (κ2) is 8.05. The molecule has 150 valence electrons. The van der Waals surface area contributed by atoms with Gasteiger partial charge in [0.1, 0.15) is 23.1 Å². The highest BCUT2D eigenvalue weighted by atomic mass is 19.1. The van der Waals surface area contributed by atoms with E-state index in [1.165, 1.54) is 26.4 Å². The minimum atomic E-state index is -1.68. The van der Waals surface area contributed by atoms with Crippen molar-refractivity contribution < 1.29 is 33.7 Å². The van der Waals surface area contributed by atoms with Crippen LogP contribution in [0.3, 0.4) is 0 Å². The lowest BCUT2D eigenvalue weighted by Gasteiger charge is -2.10. The van der Waals surface area contributed by atoms with Crippen LogP contribution in [0, 0.1) is 5.82 Å². The summed E-state index contributed by atoms with van der Waals surface area (Å²) < 4.78 is 25.7. The molecule has 2 N–H and O–H groups in total. The summed E-state index contributed by atoms with van der Waals surface area (Å²) in [7, 11) is 2.94. The predicted octanol–water partition coefficient (Wildman–Crippen LogP) is 3.40. The topological polar surface area (TPSA) is 98.0 Å². The number of carboxylic acid groups (broad SMARTS) is 1. The number of carbonyl (C=O) groups excluding carboxylic acids is 1. The summed E-state index contributed by atoms with van der Waals surface area (Å²) in [5, 5.41) is 19.7. The van der Waals surface area contributed by atoms with Gasteiger partial charge in [-0.05, 0) is 17.7 Å². The molecule has 0 aliphatic rings. The molecule has 0 atom stereocenters. The van der Waals surface area contributed by atoms with Gasteiger partial charge in [0.05, 0.1) is 25.1 Å². The van der Waals surface area contributed by atoms with Crippen LogP contribution in [0.4, 0.5) is 4.39 Å². The van der Waals surface area contributed by atoms with Crippen LogP contribution in [0.2, 0.25) is 0 Å². The number of aliphatic hydroxyl groups excluding tert-OH is 1. The maximum absolute atomic E-state index is 13.2. The van der Waals surface area contributed by atoms with Gasteiger partial charge in [0.2, 0.25) is 0 Å². The van der Waals surface area contributed by atoms with Crippen molar-refractivity contribution in [2.45, 2.75) is 6.54 Å². The van der Waals surface area contributed by atoms with Gasteiger partial charge in [-0.3, -0.25) is 4.79 Å². The quantitative estimate of drug-likeness (QED) is 0.359. The molecule has 0 amide bonds. The van der Waals surface area contributed by atoms with Crippen molar-refractivity contribution in [1.29, 1.82) is 0 Å². The molecule has 2 aromatic carbocycles. The summed E-state index contributed by atoms with van der Waals surface area (Å²) in [4.78, 5) is 22.3. The Bertz CT molecular complexity index is 1110. The molecular formula is C21H18FNO6.